The first-order valence-electron chi connectivity index (χ1n) is 9.19. The summed E-state index contributed by atoms with van der Waals surface area (Å²) < 4.78 is 28.9. The molecule has 0 unspecified atom stereocenters. The molecule has 0 saturated carbocycles. The van der Waals surface area contributed by atoms with Crippen LogP contribution in [0.25, 0.3) is 10.9 Å². The number of hydrogen-bond donors (Lipinski definition) is 0. The molecule has 0 aliphatic heterocycles. The SMILES string of the molecule is Cc1ccc(S(=O)(=O)n2c(C(C)(C)C)c3c4c(cccc42)CCC3)cc1. The highest BCUT2D eigenvalue weighted by Crippen LogP contribution is 2.41. The number of nitrogens with zero attached hydrogens (tertiary/aromatic N) is 1. The normalized spacial score (nSPS) is 14.8. The van der Waals surface area contributed by atoms with Crippen molar-refractivity contribution in [1.29, 1.82) is 0 Å². The van der Waals surface area contributed by atoms with Crippen LogP contribution in [0.2, 0.25) is 0 Å². The second-order valence-electron chi connectivity index (χ2n) is 8.32. The van der Waals surface area contributed by atoms with E-state index >= 15 is 0 Å². The predicted molar refractivity (Wildman–Crippen MR) is 106 cm³/mol. The van der Waals surface area contributed by atoms with E-state index in [1.54, 1.807) is 16.1 Å². The molecule has 0 amide bonds. The Bertz CT molecular complexity index is 1100. The van der Waals surface area contributed by atoms with Crippen molar-refractivity contribution in [3.8, 4) is 0 Å². The zero-order chi connectivity index (χ0) is 18.7. The van der Waals surface area contributed by atoms with Gasteiger partial charge in [0.1, 0.15) is 0 Å². The predicted octanol–water partition coefficient (Wildman–Crippen LogP) is 4.97. The van der Waals surface area contributed by atoms with Gasteiger partial charge < -0.3 is 0 Å². The molecule has 136 valence electrons. The topological polar surface area (TPSA) is 39.1 Å². The average Bonchev–Trinajstić information content (AvgIpc) is 2.93. The first-order valence-corrected chi connectivity index (χ1v) is 10.6. The molecular formula is C22H25NO2S. The van der Waals surface area contributed by atoms with E-state index in [0.717, 1.165) is 41.4 Å². The highest BCUT2D eigenvalue weighted by molar-refractivity contribution is 7.90. The summed E-state index contributed by atoms with van der Waals surface area (Å²) >= 11 is 0. The van der Waals surface area contributed by atoms with Crippen LogP contribution in [0.15, 0.2) is 47.4 Å². The minimum Gasteiger partial charge on any atom is -0.237 e. The Morgan fingerprint density at radius 2 is 1.65 bits per heavy atom. The highest BCUT2D eigenvalue weighted by Gasteiger charge is 2.34. The quantitative estimate of drug-likeness (QED) is 0.641. The third kappa shape index (κ3) is 2.50. The Balaban J connectivity index is 2.13. The zero-order valence-electron chi connectivity index (χ0n) is 15.8. The summed E-state index contributed by atoms with van der Waals surface area (Å²) in [6.45, 7) is 8.28. The third-order valence-electron chi connectivity index (χ3n) is 5.28. The smallest absolute Gasteiger partial charge is 0.237 e. The molecule has 1 aromatic heterocycles. The molecule has 0 N–H and O–H groups in total. The van der Waals surface area contributed by atoms with Crippen LogP contribution in [0.3, 0.4) is 0 Å². The van der Waals surface area contributed by atoms with Crippen molar-refractivity contribution in [2.24, 2.45) is 0 Å². The molecule has 4 heteroatoms. The molecule has 0 bridgehead atoms. The maximum Gasteiger partial charge on any atom is 0.268 e. The summed E-state index contributed by atoms with van der Waals surface area (Å²) in [5.41, 5.74) is 5.03. The van der Waals surface area contributed by atoms with Gasteiger partial charge in [0.15, 0.2) is 0 Å². The number of aryl methyl sites for hydroxylation is 3. The lowest BCUT2D eigenvalue weighted by Gasteiger charge is -2.24. The molecule has 0 radical (unpaired) electrons. The van der Waals surface area contributed by atoms with E-state index in [-0.39, 0.29) is 5.41 Å². The minimum absolute atomic E-state index is 0.263. The minimum atomic E-state index is -3.66. The van der Waals surface area contributed by atoms with Crippen molar-refractivity contribution >= 4 is 20.9 Å². The van der Waals surface area contributed by atoms with Crippen LogP contribution in [0.4, 0.5) is 0 Å². The summed E-state index contributed by atoms with van der Waals surface area (Å²) in [5, 5.41) is 1.15. The van der Waals surface area contributed by atoms with Gasteiger partial charge in [-0.2, -0.15) is 0 Å². The van der Waals surface area contributed by atoms with E-state index in [4.69, 9.17) is 0 Å². The molecule has 0 saturated heterocycles. The Kier molecular flexibility index (Phi) is 3.81. The highest BCUT2D eigenvalue weighted by atomic mass is 32.2. The largest absolute Gasteiger partial charge is 0.268 e. The lowest BCUT2D eigenvalue weighted by molar-refractivity contribution is 0.540. The summed E-state index contributed by atoms with van der Waals surface area (Å²) in [7, 11) is -3.66. The van der Waals surface area contributed by atoms with E-state index in [9.17, 15) is 8.42 Å². The molecule has 0 spiro atoms. The standard InChI is InChI=1S/C22H25NO2S/c1-15-11-13-17(14-12-15)26(24,25)23-19-10-6-8-16-7-5-9-18(20(16)19)21(23)22(2,3)4/h6,8,10-14H,5,7,9H2,1-4H3. The summed E-state index contributed by atoms with van der Waals surface area (Å²) in [6, 6.07) is 13.2. The van der Waals surface area contributed by atoms with Gasteiger partial charge >= 0.3 is 0 Å². The van der Waals surface area contributed by atoms with Crippen molar-refractivity contribution in [2.45, 2.75) is 57.3 Å². The fraction of sp³-hybridized carbons (Fsp3) is 0.364. The second kappa shape index (κ2) is 5.71. The van der Waals surface area contributed by atoms with E-state index in [1.165, 1.54) is 11.1 Å². The fourth-order valence-corrected chi connectivity index (χ4v) is 5.92. The molecule has 2 aromatic carbocycles. The molecule has 3 nitrogen and oxygen atoms in total. The number of rotatable bonds is 2. The van der Waals surface area contributed by atoms with Gasteiger partial charge in [-0.3, -0.25) is 0 Å². The second-order valence-corrected chi connectivity index (χ2v) is 10.1. The van der Waals surface area contributed by atoms with Gasteiger partial charge in [-0.15, -0.1) is 0 Å². The molecule has 0 fully saturated rings. The van der Waals surface area contributed by atoms with Crippen LogP contribution >= 0.6 is 0 Å². The van der Waals surface area contributed by atoms with Crippen molar-refractivity contribution in [3.05, 3.63) is 64.8 Å². The number of benzene rings is 2. The van der Waals surface area contributed by atoms with E-state index < -0.39 is 10.0 Å². The maximum absolute atomic E-state index is 13.7. The van der Waals surface area contributed by atoms with Crippen LogP contribution in [0.5, 0.6) is 0 Å². The number of aromatic nitrogens is 1. The molecule has 1 aliphatic carbocycles. The lowest BCUT2D eigenvalue weighted by atomic mass is 9.84. The van der Waals surface area contributed by atoms with Gasteiger partial charge in [0.25, 0.3) is 10.0 Å². The first kappa shape index (κ1) is 17.3. The number of hydrogen-bond acceptors (Lipinski definition) is 2. The van der Waals surface area contributed by atoms with Gasteiger partial charge in [0.2, 0.25) is 0 Å². The lowest BCUT2D eigenvalue weighted by Crippen LogP contribution is -2.24. The van der Waals surface area contributed by atoms with Gasteiger partial charge in [-0.05, 0) is 55.5 Å². The Morgan fingerprint density at radius 1 is 0.962 bits per heavy atom. The summed E-state index contributed by atoms with van der Waals surface area (Å²) in [4.78, 5) is 0.349. The van der Waals surface area contributed by atoms with Crippen LogP contribution in [-0.2, 0) is 28.3 Å². The van der Waals surface area contributed by atoms with Crippen molar-refractivity contribution in [3.63, 3.8) is 0 Å². The van der Waals surface area contributed by atoms with Crippen molar-refractivity contribution < 1.29 is 8.42 Å². The molecule has 26 heavy (non-hydrogen) atoms. The molecule has 0 atom stereocenters. The van der Waals surface area contributed by atoms with Gasteiger partial charge in [-0.1, -0.05) is 50.6 Å². The summed E-state index contributed by atoms with van der Waals surface area (Å²) in [6.07, 6.45) is 3.03. The molecular weight excluding hydrogens is 342 g/mol. The van der Waals surface area contributed by atoms with Crippen LogP contribution < -0.4 is 0 Å². The Morgan fingerprint density at radius 3 is 2.31 bits per heavy atom. The third-order valence-corrected chi connectivity index (χ3v) is 7.01. The van der Waals surface area contributed by atoms with Gasteiger partial charge in [0.05, 0.1) is 10.4 Å². The van der Waals surface area contributed by atoms with Crippen LogP contribution in [0.1, 0.15) is 49.6 Å². The van der Waals surface area contributed by atoms with E-state index in [2.05, 4.69) is 26.8 Å². The molecule has 3 aromatic rings. The van der Waals surface area contributed by atoms with Gasteiger partial charge in [0, 0.05) is 16.5 Å². The van der Waals surface area contributed by atoms with Crippen LogP contribution in [-0.4, -0.2) is 12.4 Å². The fourth-order valence-electron chi connectivity index (χ4n) is 4.20. The van der Waals surface area contributed by atoms with E-state index in [0.29, 0.717) is 4.90 Å². The van der Waals surface area contributed by atoms with Crippen molar-refractivity contribution in [2.75, 3.05) is 0 Å². The summed E-state index contributed by atoms with van der Waals surface area (Å²) in [5.74, 6) is 0. The Hall–Kier alpha value is -2.07. The zero-order valence-corrected chi connectivity index (χ0v) is 16.7. The maximum atomic E-state index is 13.7. The van der Waals surface area contributed by atoms with Crippen LogP contribution in [0, 0.1) is 6.92 Å². The van der Waals surface area contributed by atoms with E-state index in [1.807, 2.05) is 31.2 Å². The molecule has 1 heterocycles. The first-order chi connectivity index (χ1) is 12.2. The van der Waals surface area contributed by atoms with Gasteiger partial charge in [-0.25, -0.2) is 12.4 Å². The average molecular weight is 368 g/mol. The Labute approximate surface area is 155 Å². The van der Waals surface area contributed by atoms with Crippen molar-refractivity contribution in [1.82, 2.24) is 3.97 Å². The molecule has 1 aliphatic rings. The molecule has 4 rings (SSSR count). The monoisotopic (exact) mass is 367 g/mol.